The van der Waals surface area contributed by atoms with E-state index in [4.69, 9.17) is 5.11 Å². The molecule has 0 saturated carbocycles. The molecule has 5 heteroatoms. The van der Waals surface area contributed by atoms with E-state index in [9.17, 15) is 9.59 Å². The van der Waals surface area contributed by atoms with Crippen molar-refractivity contribution in [3.63, 3.8) is 0 Å². The Balaban J connectivity index is 0. The molecule has 0 saturated heterocycles. The molecule has 1 N–H and O–H groups in total. The number of carboxylic acids is 1. The van der Waals surface area contributed by atoms with E-state index in [1.807, 2.05) is 0 Å². The quantitative estimate of drug-likeness (QED) is 0.396. The molecule has 0 aliphatic carbocycles. The van der Waals surface area contributed by atoms with Gasteiger partial charge in [-0.25, -0.2) is 0 Å². The summed E-state index contributed by atoms with van der Waals surface area (Å²) in [6, 6.07) is 0. The van der Waals surface area contributed by atoms with Crippen LogP contribution in [0.25, 0.3) is 0 Å². The Bertz CT molecular complexity index is 135. The maximum atomic E-state index is 10.3. The van der Waals surface area contributed by atoms with Crippen LogP contribution in [-0.2, 0) is 14.3 Å². The van der Waals surface area contributed by atoms with Crippen LogP contribution in [0.15, 0.2) is 0 Å². The maximum absolute atomic E-state index is 10.3. The summed E-state index contributed by atoms with van der Waals surface area (Å²) in [7, 11) is 0. The molecule has 66 valence electrons. The van der Waals surface area contributed by atoms with Crippen molar-refractivity contribution in [3.8, 4) is 0 Å². The summed E-state index contributed by atoms with van der Waals surface area (Å²) in [5.41, 5.74) is 0. The van der Waals surface area contributed by atoms with Gasteiger partial charge in [0, 0.05) is 0 Å². The summed E-state index contributed by atoms with van der Waals surface area (Å²) >= 11 is 1.37. The first-order chi connectivity index (χ1) is 5.58. The van der Waals surface area contributed by atoms with Gasteiger partial charge >= 0.3 is 50.5 Å². The molecule has 0 heterocycles. The molecular weight excluding hydrogens is 171 g/mol. The van der Waals surface area contributed by atoms with Gasteiger partial charge in [0.15, 0.2) is 0 Å². The van der Waals surface area contributed by atoms with Crippen LogP contribution in [0.2, 0.25) is 3.67 Å². The van der Waals surface area contributed by atoms with Crippen LogP contribution in [0.3, 0.4) is 0 Å². The molecule has 12 heavy (non-hydrogen) atoms. The van der Waals surface area contributed by atoms with Gasteiger partial charge in [-0.3, -0.25) is 9.59 Å². The molecule has 0 spiro atoms. The van der Waals surface area contributed by atoms with Gasteiger partial charge in [0.25, 0.3) is 0 Å². The molecule has 0 amide bonds. The SMILES string of the molecule is CCOC(=O)CC(=O)O.C[CH2][Na]. The van der Waals surface area contributed by atoms with Gasteiger partial charge in [0.1, 0.15) is 6.42 Å². The van der Waals surface area contributed by atoms with Crippen molar-refractivity contribution in [3.05, 3.63) is 0 Å². The van der Waals surface area contributed by atoms with E-state index in [0.29, 0.717) is 0 Å². The first kappa shape index (κ1) is 14.5. The number of esters is 1. The van der Waals surface area contributed by atoms with Crippen molar-refractivity contribution in [1.82, 2.24) is 0 Å². The zero-order valence-electron chi connectivity index (χ0n) is 7.79. The fourth-order valence-corrected chi connectivity index (χ4v) is 0.335. The second-order valence-electron chi connectivity index (χ2n) is 2.08. The zero-order valence-corrected chi connectivity index (χ0v) is 9.79. The first-order valence-corrected chi connectivity index (χ1v) is 5.37. The van der Waals surface area contributed by atoms with Gasteiger partial charge in [-0.1, -0.05) is 0 Å². The topological polar surface area (TPSA) is 63.6 Å². The number of hydrogen-bond acceptors (Lipinski definition) is 3. The van der Waals surface area contributed by atoms with Gasteiger partial charge in [-0.15, -0.1) is 0 Å². The summed E-state index contributed by atoms with van der Waals surface area (Å²) < 4.78 is 5.72. The molecule has 0 unspecified atom stereocenters. The van der Waals surface area contributed by atoms with Crippen LogP contribution in [-0.4, -0.2) is 51.6 Å². The fraction of sp³-hybridized carbons (Fsp3) is 0.714. The van der Waals surface area contributed by atoms with Gasteiger partial charge in [-0.2, -0.15) is 0 Å². The van der Waals surface area contributed by atoms with Gasteiger partial charge in [0.05, 0.1) is 6.61 Å². The van der Waals surface area contributed by atoms with Crippen LogP contribution in [0.1, 0.15) is 20.3 Å². The van der Waals surface area contributed by atoms with Crippen LogP contribution in [0.4, 0.5) is 0 Å². The third kappa shape index (κ3) is 16.5. The third-order valence-electron chi connectivity index (χ3n) is 0.601. The Labute approximate surface area is 89.7 Å². The van der Waals surface area contributed by atoms with Gasteiger partial charge in [-0.05, 0) is 6.92 Å². The van der Waals surface area contributed by atoms with Crippen LogP contribution >= 0.6 is 0 Å². The molecular formula is C7H13NaO4. The van der Waals surface area contributed by atoms with E-state index in [-0.39, 0.29) is 6.61 Å². The molecule has 0 bridgehead atoms. The van der Waals surface area contributed by atoms with Crippen molar-refractivity contribution in [2.45, 2.75) is 23.9 Å². The molecule has 0 rings (SSSR count). The number of rotatable bonds is 3. The summed E-state index contributed by atoms with van der Waals surface area (Å²) in [5.74, 6) is -1.85. The van der Waals surface area contributed by atoms with Crippen molar-refractivity contribution >= 4 is 39.9 Å². The Morgan fingerprint density at radius 2 is 1.83 bits per heavy atom. The second kappa shape index (κ2) is 10.9. The first-order valence-electron chi connectivity index (χ1n) is 3.95. The third-order valence-corrected chi connectivity index (χ3v) is 0.601. The minimum absolute atomic E-state index is 0.228. The average Bonchev–Trinajstić information content (AvgIpc) is 1.87. The molecule has 0 aromatic rings. The number of carbonyl (C=O) groups excluding carboxylic acids is 1. The number of ether oxygens (including phenoxy) is 1. The van der Waals surface area contributed by atoms with Crippen LogP contribution in [0.5, 0.6) is 0 Å². The number of carboxylic acid groups (broad SMARTS) is 1. The van der Waals surface area contributed by atoms with E-state index in [1.54, 1.807) is 6.92 Å². The number of hydrogen-bond donors (Lipinski definition) is 1. The number of carbonyl (C=O) groups is 2. The van der Waals surface area contributed by atoms with Crippen LogP contribution in [0, 0.1) is 0 Å². The standard InChI is InChI=1S/C5H8O4.C2H5.Na/c1-2-9-5(8)3-4(6)7;1-2;/h2-3H2,1H3,(H,6,7);1H2,2H3;. The number of aliphatic carboxylic acids is 1. The van der Waals surface area contributed by atoms with Gasteiger partial charge < -0.3 is 9.84 Å². The molecule has 4 nitrogen and oxygen atoms in total. The molecule has 0 aromatic carbocycles. The van der Waals surface area contributed by atoms with Crippen molar-refractivity contribution < 1.29 is 19.4 Å². The van der Waals surface area contributed by atoms with E-state index in [2.05, 4.69) is 11.7 Å². The minimum atomic E-state index is -1.16. The summed E-state index contributed by atoms with van der Waals surface area (Å²) in [6.07, 6.45) is -0.548. The van der Waals surface area contributed by atoms with Crippen molar-refractivity contribution in [2.24, 2.45) is 0 Å². The molecule has 0 radical (unpaired) electrons. The van der Waals surface area contributed by atoms with Crippen molar-refractivity contribution in [1.29, 1.82) is 0 Å². The van der Waals surface area contributed by atoms with Crippen molar-refractivity contribution in [2.75, 3.05) is 6.61 Å². The Kier molecular flexibility index (Phi) is 13.2. The van der Waals surface area contributed by atoms with Gasteiger partial charge in [0.2, 0.25) is 0 Å². The monoisotopic (exact) mass is 184 g/mol. The average molecular weight is 184 g/mol. The summed E-state index contributed by atoms with van der Waals surface area (Å²) in [4.78, 5) is 20.0. The second-order valence-corrected chi connectivity index (χ2v) is 3.50. The molecule has 0 aromatic heterocycles. The molecule has 0 aliphatic heterocycles. The molecule has 0 atom stereocenters. The van der Waals surface area contributed by atoms with E-state index in [1.165, 1.54) is 31.6 Å². The normalized spacial score (nSPS) is 8.00. The van der Waals surface area contributed by atoms with Crippen LogP contribution < -0.4 is 0 Å². The Hall–Kier alpha value is -0.0600. The summed E-state index contributed by atoms with van der Waals surface area (Å²) in [6.45, 7) is 4.04. The van der Waals surface area contributed by atoms with E-state index >= 15 is 0 Å². The fourth-order valence-electron chi connectivity index (χ4n) is 0.335. The Morgan fingerprint density at radius 3 is 2.08 bits per heavy atom. The van der Waals surface area contributed by atoms with E-state index in [0.717, 1.165) is 0 Å². The zero-order chi connectivity index (χ0) is 9.98. The predicted molar refractivity (Wildman–Crippen MR) is 45.1 cm³/mol. The molecule has 0 fully saturated rings. The molecule has 0 aliphatic rings. The summed E-state index contributed by atoms with van der Waals surface area (Å²) in [5, 5.41) is 8.01. The van der Waals surface area contributed by atoms with E-state index < -0.39 is 18.4 Å². The Morgan fingerprint density at radius 1 is 1.42 bits per heavy atom. The predicted octanol–water partition coefficient (Wildman–Crippen LogP) is 0.617.